The molecule has 0 radical (unpaired) electrons. The molecule has 0 aromatic heterocycles. The fourth-order valence-corrected chi connectivity index (χ4v) is 8.73. The maximum Gasteiger partial charge on any atom is 0.410 e. The highest BCUT2D eigenvalue weighted by molar-refractivity contribution is 6.03. The topological polar surface area (TPSA) is 162 Å². The summed E-state index contributed by atoms with van der Waals surface area (Å²) in [6.45, 7) is 10.1. The Balaban J connectivity index is 1.54. The van der Waals surface area contributed by atoms with Crippen LogP contribution < -0.4 is 9.47 Å². The van der Waals surface area contributed by atoms with Gasteiger partial charge in [-0.15, -0.1) is 6.58 Å². The summed E-state index contributed by atoms with van der Waals surface area (Å²) in [7, 11) is 1.69. The molecule has 0 spiro atoms. The lowest BCUT2D eigenvalue weighted by Crippen LogP contribution is -2.69. The van der Waals surface area contributed by atoms with Gasteiger partial charge in [0.05, 0.1) is 29.2 Å². The molecule has 2 aliphatic carbocycles. The second-order valence-corrected chi connectivity index (χ2v) is 16.5. The monoisotopic (exact) mass is 811 g/mol. The fourth-order valence-electron chi connectivity index (χ4n) is 8.73. The fraction of sp³-hybridized carbons (Fsp3) is 0.478. The lowest BCUT2D eigenvalue weighted by atomic mass is 9.55. The smallest absolute Gasteiger partial charge is 0.410 e. The van der Waals surface area contributed by atoms with Gasteiger partial charge in [-0.25, -0.2) is 4.79 Å². The number of carbonyl (C=O) groups excluding carboxylic acids is 1. The summed E-state index contributed by atoms with van der Waals surface area (Å²) in [4.78, 5) is 33.0. The predicted octanol–water partition coefficient (Wildman–Crippen LogP) is 9.09. The Kier molecular flexibility index (Phi) is 14.1. The largest absolute Gasteiger partial charge is 0.459 e. The first-order valence-electron chi connectivity index (χ1n) is 20.5. The van der Waals surface area contributed by atoms with Gasteiger partial charge in [-0.2, -0.15) is 0 Å². The molecular weight excluding hydrogens is 755 g/mol. The molecule has 13 nitrogen and oxygen atoms in total. The third-order valence-electron chi connectivity index (χ3n) is 11.3. The van der Waals surface area contributed by atoms with E-state index in [0.717, 1.165) is 42.4 Å². The van der Waals surface area contributed by atoms with E-state index in [0.29, 0.717) is 35.8 Å². The van der Waals surface area contributed by atoms with Crippen molar-refractivity contribution in [1.29, 1.82) is 0 Å². The number of oxime groups is 1. The number of hydrogen-bond donors (Lipinski definition) is 2. The van der Waals surface area contributed by atoms with Gasteiger partial charge in [0.1, 0.15) is 35.5 Å². The third-order valence-corrected chi connectivity index (χ3v) is 11.3. The highest BCUT2D eigenvalue weighted by Gasteiger charge is 2.65. The van der Waals surface area contributed by atoms with Crippen molar-refractivity contribution >= 4 is 17.5 Å². The molecule has 13 heteroatoms. The maximum atomic E-state index is 14.1. The van der Waals surface area contributed by atoms with Crippen molar-refractivity contribution in [2.24, 2.45) is 22.9 Å². The minimum atomic E-state index is -1.45. The van der Waals surface area contributed by atoms with Crippen molar-refractivity contribution in [3.8, 4) is 17.2 Å². The molecule has 1 fully saturated rings. The number of allylic oxidation sites excluding steroid dienone is 1. The molecule has 1 aliphatic heterocycles. The summed E-state index contributed by atoms with van der Waals surface area (Å²) in [5, 5.41) is 36.2. The molecule has 3 aliphatic rings. The Morgan fingerprint density at radius 3 is 2.44 bits per heavy atom. The van der Waals surface area contributed by atoms with Crippen LogP contribution in [0.2, 0.25) is 0 Å². The van der Waals surface area contributed by atoms with Crippen molar-refractivity contribution in [3.05, 3.63) is 118 Å². The van der Waals surface area contributed by atoms with Gasteiger partial charge in [0, 0.05) is 44.2 Å². The second-order valence-electron chi connectivity index (χ2n) is 16.5. The summed E-state index contributed by atoms with van der Waals surface area (Å²) in [5.41, 5.74) is 2.55. The van der Waals surface area contributed by atoms with Crippen molar-refractivity contribution in [1.82, 2.24) is 4.90 Å². The molecule has 3 aromatic carbocycles. The van der Waals surface area contributed by atoms with E-state index in [-0.39, 0.29) is 56.3 Å². The molecular formula is C46H57N3O10. The first-order chi connectivity index (χ1) is 28.4. The van der Waals surface area contributed by atoms with Crippen LogP contribution in [0.4, 0.5) is 10.5 Å². The Morgan fingerprint density at radius 1 is 1.02 bits per heavy atom. The Labute approximate surface area is 346 Å². The summed E-state index contributed by atoms with van der Waals surface area (Å²) in [6.07, 6.45) is 7.97. The van der Waals surface area contributed by atoms with E-state index in [1.165, 1.54) is 12.1 Å². The number of rotatable bonds is 18. The molecule has 1 amide bonds. The minimum absolute atomic E-state index is 0.00437. The van der Waals surface area contributed by atoms with Crippen LogP contribution in [0.25, 0.3) is 0 Å². The molecule has 0 saturated heterocycles. The highest BCUT2D eigenvalue weighted by atomic mass is 16.7. The van der Waals surface area contributed by atoms with E-state index in [2.05, 4.69) is 12.7 Å². The number of aliphatic hydroxyl groups is 2. The number of hydrogen-bond acceptors (Lipinski definition) is 11. The van der Waals surface area contributed by atoms with E-state index in [1.807, 2.05) is 63.2 Å². The zero-order valence-electron chi connectivity index (χ0n) is 34.5. The third kappa shape index (κ3) is 9.97. The summed E-state index contributed by atoms with van der Waals surface area (Å²) >= 11 is 0. The quantitative estimate of drug-likeness (QED) is 0.0549. The molecule has 1 heterocycles. The molecule has 0 bridgehead atoms. The van der Waals surface area contributed by atoms with Crippen LogP contribution in [0.15, 0.2) is 102 Å². The minimum Gasteiger partial charge on any atom is -0.459 e. The zero-order valence-corrected chi connectivity index (χ0v) is 34.5. The molecule has 6 atom stereocenters. The number of fused-ring (bicyclic) bond motifs is 2. The normalized spacial score (nSPS) is 23.9. The molecule has 0 unspecified atom stereocenters. The Bertz CT molecular complexity index is 2000. The lowest BCUT2D eigenvalue weighted by molar-refractivity contribution is -0.384. The standard InChI is InChI=1S/C46H57N3O10/c1-6-25-56-46-41(48(5)44(52)55-30-31-15-8-7-9-16-31)29-39(47-59-45(2,3)4)37-26-32(17-10-12-23-50)36(20-11-13-24-51)42(43(37)46)38-28-35(21-22-40(38)58-46)57-34-19-14-18-33(27-34)49(53)54/h6-9,14-16,18-19,21-22,26-28,32,36,41-43,50-51H,1,10-13,17,20,23-25,29-30H2,2-5H3/t32-,36+,41-,42+,43+,46+/m0/s1. The van der Waals surface area contributed by atoms with Crippen LogP contribution in [0.3, 0.4) is 0 Å². The number of nitro groups is 1. The second kappa shape index (κ2) is 19.2. The predicted molar refractivity (Wildman–Crippen MR) is 223 cm³/mol. The van der Waals surface area contributed by atoms with Crippen LogP contribution in [-0.2, 0) is 20.9 Å². The SMILES string of the molecule is C=CCO[C@@]12Oc3ccc(Oc4cccc([N+](=O)[O-])c4)cc3[C@H]3[C@H](CCCCO)[C@@H](CCCCO)C=C(C(=NOC(C)(C)C)C[C@@H]1N(C)C(=O)OCc1ccccc1)[C@H]32. The molecule has 2 N–H and O–H groups in total. The van der Waals surface area contributed by atoms with Crippen molar-refractivity contribution in [2.75, 3.05) is 26.9 Å². The first kappa shape index (κ1) is 43.3. The van der Waals surface area contributed by atoms with Crippen LogP contribution in [0.5, 0.6) is 17.2 Å². The van der Waals surface area contributed by atoms with Crippen molar-refractivity contribution < 1.29 is 43.7 Å². The van der Waals surface area contributed by atoms with E-state index in [4.69, 9.17) is 28.9 Å². The highest BCUT2D eigenvalue weighted by Crippen LogP contribution is 2.62. The van der Waals surface area contributed by atoms with Gasteiger partial charge in [0.2, 0.25) is 5.79 Å². The first-order valence-corrected chi connectivity index (χ1v) is 20.5. The van der Waals surface area contributed by atoms with Gasteiger partial charge in [0.25, 0.3) is 5.69 Å². The van der Waals surface area contributed by atoms with Gasteiger partial charge < -0.3 is 38.9 Å². The Hall–Kier alpha value is -5.24. The van der Waals surface area contributed by atoms with Gasteiger partial charge in [-0.3, -0.25) is 10.1 Å². The van der Waals surface area contributed by atoms with Crippen LogP contribution >= 0.6 is 0 Å². The summed E-state index contributed by atoms with van der Waals surface area (Å²) in [5.74, 6) is -0.909. The number of nitro benzene ring substituents is 1. The zero-order chi connectivity index (χ0) is 42.2. The number of benzene rings is 3. The average Bonchev–Trinajstić information content (AvgIpc) is 3.22. The van der Waals surface area contributed by atoms with Gasteiger partial charge in [0.15, 0.2) is 0 Å². The molecule has 1 saturated carbocycles. The average molecular weight is 812 g/mol. The van der Waals surface area contributed by atoms with Crippen molar-refractivity contribution in [2.45, 2.75) is 95.7 Å². The number of carbonyl (C=O) groups is 1. The number of non-ortho nitro benzene ring substituents is 1. The van der Waals surface area contributed by atoms with E-state index < -0.39 is 34.4 Å². The van der Waals surface area contributed by atoms with Gasteiger partial charge in [-0.1, -0.05) is 66.5 Å². The lowest BCUT2D eigenvalue weighted by Gasteiger charge is -2.59. The van der Waals surface area contributed by atoms with Crippen molar-refractivity contribution in [3.63, 3.8) is 0 Å². The maximum absolute atomic E-state index is 14.1. The number of amides is 1. The number of aliphatic hydroxyl groups excluding tert-OH is 2. The van der Waals surface area contributed by atoms with Gasteiger partial charge in [-0.05, 0) is 93.7 Å². The summed E-state index contributed by atoms with van der Waals surface area (Å²) < 4.78 is 26.3. The van der Waals surface area contributed by atoms with Crippen LogP contribution in [0.1, 0.15) is 82.8 Å². The van der Waals surface area contributed by atoms with Crippen LogP contribution in [0, 0.1) is 27.9 Å². The molecule has 6 rings (SSSR count). The Morgan fingerprint density at radius 2 is 1.75 bits per heavy atom. The van der Waals surface area contributed by atoms with E-state index in [9.17, 15) is 25.1 Å². The summed E-state index contributed by atoms with van der Waals surface area (Å²) in [6, 6.07) is 20.3. The molecule has 3 aromatic rings. The van der Waals surface area contributed by atoms with E-state index in [1.54, 1.807) is 36.2 Å². The molecule has 59 heavy (non-hydrogen) atoms. The number of unbranched alkanes of at least 4 members (excludes halogenated alkanes) is 2. The van der Waals surface area contributed by atoms with Crippen LogP contribution in [-0.4, -0.2) is 76.1 Å². The number of likely N-dealkylation sites (N-methyl/N-ethyl adjacent to an activating group) is 1. The molecule has 316 valence electrons. The number of nitrogens with zero attached hydrogens (tertiary/aromatic N) is 3. The number of ether oxygens (including phenoxy) is 4. The van der Waals surface area contributed by atoms with Gasteiger partial charge >= 0.3 is 6.09 Å². The van der Waals surface area contributed by atoms with E-state index >= 15 is 0 Å².